The van der Waals surface area contributed by atoms with Crippen LogP contribution in [0.1, 0.15) is 6.92 Å². The second-order valence-electron chi connectivity index (χ2n) is 3.55. The lowest BCUT2D eigenvalue weighted by Crippen LogP contribution is -2.45. The largest absolute Gasteiger partial charge is 0.324 e. The van der Waals surface area contributed by atoms with Crippen molar-refractivity contribution in [3.8, 4) is 0 Å². The van der Waals surface area contributed by atoms with Gasteiger partial charge in [0, 0.05) is 24.5 Å². The summed E-state index contributed by atoms with van der Waals surface area (Å²) in [5, 5.41) is 0. The highest BCUT2D eigenvalue weighted by Gasteiger charge is 2.37. The van der Waals surface area contributed by atoms with Gasteiger partial charge in [0.1, 0.15) is 0 Å². The Morgan fingerprint density at radius 1 is 1.80 bits per heavy atom. The molecule has 0 unspecified atom stereocenters. The van der Waals surface area contributed by atoms with Crippen LogP contribution >= 0.6 is 0 Å². The maximum atomic E-state index is 12.3. The molecule has 10 heavy (non-hydrogen) atoms. The Morgan fingerprint density at radius 2 is 2.40 bits per heavy atom. The number of nitrogens with two attached hydrogens (primary N) is 1. The molecule has 2 nitrogen and oxygen atoms in total. The Morgan fingerprint density at radius 3 is 2.60 bits per heavy atom. The topological polar surface area (TPSA) is 29.3 Å². The fourth-order valence-corrected chi connectivity index (χ4v) is 1.59. The molecule has 0 aromatic heterocycles. The van der Waals surface area contributed by atoms with Crippen molar-refractivity contribution in [2.75, 3.05) is 26.8 Å². The summed E-state index contributed by atoms with van der Waals surface area (Å²) in [4.78, 5) is 2.07. The molecule has 3 heteroatoms. The van der Waals surface area contributed by atoms with E-state index < -0.39 is 0 Å². The van der Waals surface area contributed by atoms with E-state index in [2.05, 4.69) is 4.90 Å². The third kappa shape index (κ3) is 1.30. The first-order valence-electron chi connectivity index (χ1n) is 3.59. The molecule has 2 atom stereocenters. The zero-order chi connectivity index (χ0) is 7.78. The second kappa shape index (κ2) is 2.47. The summed E-state index contributed by atoms with van der Waals surface area (Å²) < 4.78 is 12.3. The maximum absolute atomic E-state index is 12.3. The molecule has 1 saturated heterocycles. The minimum Gasteiger partial charge on any atom is -0.324 e. The first-order chi connectivity index (χ1) is 4.56. The smallest absolute Gasteiger partial charge is 0.0952 e. The van der Waals surface area contributed by atoms with Gasteiger partial charge in [-0.3, -0.25) is 4.39 Å². The standard InChI is InChI=1S/C7H15FN2/c1-7(9)5-10(2)4-6(7)3-8/h6H,3-5,9H2,1-2H3/t6-,7+/m0/s1. The van der Waals surface area contributed by atoms with Crippen LogP contribution in [0, 0.1) is 5.92 Å². The average molecular weight is 146 g/mol. The highest BCUT2D eigenvalue weighted by Crippen LogP contribution is 2.23. The fourth-order valence-electron chi connectivity index (χ4n) is 1.59. The van der Waals surface area contributed by atoms with E-state index in [4.69, 9.17) is 5.73 Å². The molecule has 60 valence electrons. The van der Waals surface area contributed by atoms with E-state index >= 15 is 0 Å². The van der Waals surface area contributed by atoms with E-state index in [1.165, 1.54) is 0 Å². The minimum atomic E-state index is -0.316. The van der Waals surface area contributed by atoms with Gasteiger partial charge >= 0.3 is 0 Å². The van der Waals surface area contributed by atoms with Crippen LogP contribution in [0.3, 0.4) is 0 Å². The highest BCUT2D eigenvalue weighted by molar-refractivity contribution is 4.96. The van der Waals surface area contributed by atoms with E-state index in [0.29, 0.717) is 0 Å². The molecule has 1 fully saturated rings. The zero-order valence-corrected chi connectivity index (χ0v) is 6.60. The Balaban J connectivity index is 2.58. The number of nitrogens with zero attached hydrogens (tertiary/aromatic N) is 1. The van der Waals surface area contributed by atoms with Gasteiger partial charge in [-0.2, -0.15) is 0 Å². The first kappa shape index (κ1) is 7.95. The van der Waals surface area contributed by atoms with Gasteiger partial charge < -0.3 is 10.6 Å². The summed E-state index contributed by atoms with van der Waals surface area (Å²) in [6.45, 7) is 3.23. The van der Waals surface area contributed by atoms with Crippen molar-refractivity contribution in [2.45, 2.75) is 12.5 Å². The summed E-state index contributed by atoms with van der Waals surface area (Å²) in [5.74, 6) is 0.0255. The van der Waals surface area contributed by atoms with Crippen LogP contribution in [0.2, 0.25) is 0 Å². The number of alkyl halides is 1. The van der Waals surface area contributed by atoms with Crippen molar-refractivity contribution >= 4 is 0 Å². The van der Waals surface area contributed by atoms with Crippen molar-refractivity contribution in [1.29, 1.82) is 0 Å². The van der Waals surface area contributed by atoms with Gasteiger partial charge in [-0.1, -0.05) is 0 Å². The first-order valence-corrected chi connectivity index (χ1v) is 3.59. The van der Waals surface area contributed by atoms with Gasteiger partial charge in [-0.25, -0.2) is 0 Å². The Labute approximate surface area is 61.2 Å². The lowest BCUT2D eigenvalue weighted by molar-refractivity contribution is 0.290. The van der Waals surface area contributed by atoms with E-state index in [1.807, 2.05) is 14.0 Å². The summed E-state index contributed by atoms with van der Waals surface area (Å²) in [6, 6.07) is 0. The number of hydrogen-bond donors (Lipinski definition) is 1. The van der Waals surface area contributed by atoms with Crippen LogP contribution in [0.15, 0.2) is 0 Å². The average Bonchev–Trinajstić information content (AvgIpc) is 2.04. The van der Waals surface area contributed by atoms with E-state index in [0.717, 1.165) is 13.1 Å². The van der Waals surface area contributed by atoms with E-state index in [-0.39, 0.29) is 18.1 Å². The molecule has 0 saturated carbocycles. The van der Waals surface area contributed by atoms with Crippen molar-refractivity contribution in [1.82, 2.24) is 4.90 Å². The SMILES string of the molecule is CN1C[C@H](CF)[C@](C)(N)C1. The molecular weight excluding hydrogens is 131 g/mol. The van der Waals surface area contributed by atoms with Crippen LogP contribution in [0.5, 0.6) is 0 Å². The molecule has 0 aromatic carbocycles. The molecular formula is C7H15FN2. The Kier molecular flexibility index (Phi) is 1.97. The van der Waals surface area contributed by atoms with Crippen molar-refractivity contribution < 1.29 is 4.39 Å². The molecule has 0 aliphatic carbocycles. The van der Waals surface area contributed by atoms with Crippen molar-refractivity contribution in [3.63, 3.8) is 0 Å². The van der Waals surface area contributed by atoms with E-state index in [9.17, 15) is 4.39 Å². The molecule has 0 spiro atoms. The molecule has 1 aliphatic rings. The van der Waals surface area contributed by atoms with Crippen LogP contribution in [-0.4, -0.2) is 37.3 Å². The predicted molar refractivity (Wildman–Crippen MR) is 39.6 cm³/mol. The number of likely N-dealkylation sites (tertiary alicyclic amines) is 1. The maximum Gasteiger partial charge on any atom is 0.0952 e. The van der Waals surface area contributed by atoms with E-state index in [1.54, 1.807) is 0 Å². The van der Waals surface area contributed by atoms with Crippen LogP contribution in [0.25, 0.3) is 0 Å². The minimum absolute atomic E-state index is 0.0255. The van der Waals surface area contributed by atoms with Gasteiger partial charge in [-0.05, 0) is 14.0 Å². The zero-order valence-electron chi connectivity index (χ0n) is 6.60. The number of likely N-dealkylation sites (N-methyl/N-ethyl adjacent to an activating group) is 1. The molecule has 0 radical (unpaired) electrons. The molecule has 1 aliphatic heterocycles. The third-order valence-electron chi connectivity index (χ3n) is 2.26. The Hall–Kier alpha value is -0.150. The van der Waals surface area contributed by atoms with Crippen LogP contribution < -0.4 is 5.73 Å². The number of hydrogen-bond acceptors (Lipinski definition) is 2. The molecule has 0 aromatic rings. The van der Waals surface area contributed by atoms with Gasteiger partial charge in [0.25, 0.3) is 0 Å². The lowest BCUT2D eigenvalue weighted by Gasteiger charge is -2.22. The van der Waals surface area contributed by atoms with Gasteiger partial charge in [-0.15, -0.1) is 0 Å². The third-order valence-corrected chi connectivity index (χ3v) is 2.26. The second-order valence-corrected chi connectivity index (χ2v) is 3.55. The molecule has 1 rings (SSSR count). The van der Waals surface area contributed by atoms with Crippen molar-refractivity contribution in [2.24, 2.45) is 11.7 Å². The van der Waals surface area contributed by atoms with Crippen molar-refractivity contribution in [3.05, 3.63) is 0 Å². The quantitative estimate of drug-likeness (QED) is 0.574. The van der Waals surface area contributed by atoms with Crippen LogP contribution in [0.4, 0.5) is 4.39 Å². The van der Waals surface area contributed by atoms with Crippen LogP contribution in [-0.2, 0) is 0 Å². The van der Waals surface area contributed by atoms with Gasteiger partial charge in [0.2, 0.25) is 0 Å². The molecule has 0 amide bonds. The summed E-state index contributed by atoms with van der Waals surface area (Å²) in [6.07, 6.45) is 0. The normalized spacial score (nSPS) is 42.6. The molecule has 1 heterocycles. The number of halogens is 1. The van der Waals surface area contributed by atoms with Gasteiger partial charge in [0.05, 0.1) is 6.67 Å². The predicted octanol–water partition coefficient (Wildman–Crippen LogP) is 0.235. The Bertz CT molecular complexity index is 125. The fraction of sp³-hybridized carbons (Fsp3) is 1.00. The number of rotatable bonds is 1. The molecule has 0 bridgehead atoms. The summed E-state index contributed by atoms with van der Waals surface area (Å²) >= 11 is 0. The molecule has 2 N–H and O–H groups in total. The monoisotopic (exact) mass is 146 g/mol. The lowest BCUT2D eigenvalue weighted by atomic mass is 9.92. The highest BCUT2D eigenvalue weighted by atomic mass is 19.1. The summed E-state index contributed by atoms with van der Waals surface area (Å²) in [7, 11) is 1.97. The summed E-state index contributed by atoms with van der Waals surface area (Å²) in [5.41, 5.74) is 5.53. The van der Waals surface area contributed by atoms with Gasteiger partial charge in [0.15, 0.2) is 0 Å².